The van der Waals surface area contributed by atoms with E-state index in [1.165, 1.54) is 61.0 Å². The minimum atomic E-state index is 0.801. The molecule has 0 saturated carbocycles. The summed E-state index contributed by atoms with van der Waals surface area (Å²) in [6, 6.07) is 7.59. The third-order valence-corrected chi connectivity index (χ3v) is 5.52. The number of hydrogen-bond acceptors (Lipinski definition) is 3. The first-order chi connectivity index (χ1) is 10.3. The standard InChI is InChI=1S/C17H26BrN3/c1-19-11-14-5-6-15(17(18)10-14)12-20-7-3-9-21-8-2-4-16(21)13-20/h5-6,10,16,19H,2-4,7-9,11-13H2,1H3. The molecule has 1 unspecified atom stereocenters. The van der Waals surface area contributed by atoms with Crippen molar-refractivity contribution in [3.8, 4) is 0 Å². The zero-order chi connectivity index (χ0) is 14.7. The lowest BCUT2D eigenvalue weighted by Gasteiger charge is -2.26. The van der Waals surface area contributed by atoms with Crippen molar-refractivity contribution in [2.75, 3.05) is 33.2 Å². The highest BCUT2D eigenvalue weighted by Gasteiger charge is 2.28. The van der Waals surface area contributed by atoms with Crippen LogP contribution in [0.1, 0.15) is 30.4 Å². The molecule has 3 rings (SSSR count). The summed E-state index contributed by atoms with van der Waals surface area (Å²) in [6.45, 7) is 7.09. The molecule has 2 saturated heterocycles. The predicted octanol–water partition coefficient (Wildman–Crippen LogP) is 2.84. The van der Waals surface area contributed by atoms with E-state index in [0.717, 1.165) is 19.1 Å². The van der Waals surface area contributed by atoms with Crippen molar-refractivity contribution in [1.29, 1.82) is 0 Å². The summed E-state index contributed by atoms with van der Waals surface area (Å²) < 4.78 is 1.25. The van der Waals surface area contributed by atoms with Gasteiger partial charge >= 0.3 is 0 Å². The second-order valence-corrected chi connectivity index (χ2v) is 7.23. The molecule has 2 fully saturated rings. The van der Waals surface area contributed by atoms with Gasteiger partial charge in [0.2, 0.25) is 0 Å². The van der Waals surface area contributed by atoms with E-state index in [9.17, 15) is 0 Å². The highest BCUT2D eigenvalue weighted by atomic mass is 79.9. The number of benzene rings is 1. The Morgan fingerprint density at radius 3 is 2.90 bits per heavy atom. The molecular weight excluding hydrogens is 326 g/mol. The van der Waals surface area contributed by atoms with Gasteiger partial charge in [-0.15, -0.1) is 0 Å². The summed E-state index contributed by atoms with van der Waals surface area (Å²) >= 11 is 3.76. The maximum atomic E-state index is 3.76. The van der Waals surface area contributed by atoms with E-state index in [-0.39, 0.29) is 0 Å². The minimum Gasteiger partial charge on any atom is -0.316 e. The SMILES string of the molecule is CNCc1ccc(CN2CCCN3CCCC3C2)c(Br)c1. The molecule has 0 bridgehead atoms. The lowest BCUT2D eigenvalue weighted by molar-refractivity contribution is 0.215. The normalized spacial score (nSPS) is 24.0. The van der Waals surface area contributed by atoms with Crippen LogP contribution >= 0.6 is 15.9 Å². The Bertz CT molecular complexity index is 477. The number of nitrogens with zero attached hydrogens (tertiary/aromatic N) is 2. The molecule has 0 radical (unpaired) electrons. The Hall–Kier alpha value is -0.420. The van der Waals surface area contributed by atoms with Gasteiger partial charge in [-0.05, 0) is 63.1 Å². The van der Waals surface area contributed by atoms with E-state index < -0.39 is 0 Å². The monoisotopic (exact) mass is 351 g/mol. The molecule has 1 N–H and O–H groups in total. The second kappa shape index (κ2) is 7.23. The highest BCUT2D eigenvalue weighted by Crippen LogP contribution is 2.25. The quantitative estimate of drug-likeness (QED) is 0.899. The molecule has 2 heterocycles. The van der Waals surface area contributed by atoms with Crippen LogP contribution in [0.5, 0.6) is 0 Å². The van der Waals surface area contributed by atoms with Crippen molar-refractivity contribution in [3.05, 3.63) is 33.8 Å². The van der Waals surface area contributed by atoms with Crippen LogP contribution in [0.15, 0.2) is 22.7 Å². The van der Waals surface area contributed by atoms with Crippen LogP contribution < -0.4 is 5.32 Å². The predicted molar refractivity (Wildman–Crippen MR) is 91.4 cm³/mol. The van der Waals surface area contributed by atoms with Crippen LogP contribution in [-0.4, -0.2) is 49.1 Å². The maximum absolute atomic E-state index is 3.76. The van der Waals surface area contributed by atoms with Gasteiger partial charge in [0.25, 0.3) is 0 Å². The average molecular weight is 352 g/mol. The molecule has 0 aliphatic carbocycles. The van der Waals surface area contributed by atoms with Crippen LogP contribution in [-0.2, 0) is 13.1 Å². The Labute approximate surface area is 136 Å². The van der Waals surface area contributed by atoms with Crippen LogP contribution in [0.25, 0.3) is 0 Å². The van der Waals surface area contributed by atoms with Crippen LogP contribution in [0.4, 0.5) is 0 Å². The van der Waals surface area contributed by atoms with E-state index in [0.29, 0.717) is 0 Å². The second-order valence-electron chi connectivity index (χ2n) is 6.38. The Balaban J connectivity index is 1.65. The van der Waals surface area contributed by atoms with E-state index in [1.54, 1.807) is 0 Å². The zero-order valence-corrected chi connectivity index (χ0v) is 14.5. The van der Waals surface area contributed by atoms with Crippen LogP contribution in [0, 0.1) is 0 Å². The van der Waals surface area contributed by atoms with Gasteiger partial charge in [0.15, 0.2) is 0 Å². The van der Waals surface area contributed by atoms with Gasteiger partial charge in [-0.25, -0.2) is 0 Å². The van der Waals surface area contributed by atoms with E-state index in [4.69, 9.17) is 0 Å². The fraction of sp³-hybridized carbons (Fsp3) is 0.647. The molecule has 1 atom stereocenters. The van der Waals surface area contributed by atoms with Crippen molar-refractivity contribution < 1.29 is 0 Å². The summed E-state index contributed by atoms with van der Waals surface area (Å²) in [7, 11) is 1.99. The summed E-state index contributed by atoms with van der Waals surface area (Å²) in [4.78, 5) is 5.35. The number of nitrogens with one attached hydrogen (secondary N) is 1. The largest absolute Gasteiger partial charge is 0.316 e. The summed E-state index contributed by atoms with van der Waals surface area (Å²) in [5.74, 6) is 0. The fourth-order valence-electron chi connectivity index (χ4n) is 3.70. The van der Waals surface area contributed by atoms with Crippen molar-refractivity contribution in [1.82, 2.24) is 15.1 Å². The smallest absolute Gasteiger partial charge is 0.0245 e. The van der Waals surface area contributed by atoms with Gasteiger partial charge in [0.05, 0.1) is 0 Å². The number of fused-ring (bicyclic) bond motifs is 1. The Morgan fingerprint density at radius 2 is 2.10 bits per heavy atom. The van der Waals surface area contributed by atoms with Gasteiger partial charge in [-0.2, -0.15) is 0 Å². The van der Waals surface area contributed by atoms with Gasteiger partial charge < -0.3 is 5.32 Å². The molecule has 0 spiro atoms. The topological polar surface area (TPSA) is 18.5 Å². The minimum absolute atomic E-state index is 0.801. The summed E-state index contributed by atoms with van der Waals surface area (Å²) in [5.41, 5.74) is 2.76. The zero-order valence-electron chi connectivity index (χ0n) is 12.9. The molecule has 3 nitrogen and oxygen atoms in total. The first-order valence-corrected chi connectivity index (χ1v) is 8.94. The molecule has 0 amide bonds. The highest BCUT2D eigenvalue weighted by molar-refractivity contribution is 9.10. The van der Waals surface area contributed by atoms with E-state index in [1.807, 2.05) is 7.05 Å². The van der Waals surface area contributed by atoms with E-state index >= 15 is 0 Å². The maximum Gasteiger partial charge on any atom is 0.0245 e. The molecule has 1 aromatic rings. The lowest BCUT2D eigenvalue weighted by Crippen LogP contribution is -2.36. The molecule has 2 aliphatic rings. The van der Waals surface area contributed by atoms with Crippen LogP contribution in [0.2, 0.25) is 0 Å². The third-order valence-electron chi connectivity index (χ3n) is 4.78. The summed E-state index contributed by atoms with van der Waals surface area (Å²) in [6.07, 6.45) is 4.09. The fourth-order valence-corrected chi connectivity index (χ4v) is 4.25. The average Bonchev–Trinajstić information content (AvgIpc) is 2.81. The lowest BCUT2D eigenvalue weighted by atomic mass is 10.1. The van der Waals surface area contributed by atoms with Gasteiger partial charge in [0.1, 0.15) is 0 Å². The Kier molecular flexibility index (Phi) is 5.33. The van der Waals surface area contributed by atoms with Crippen LogP contribution in [0.3, 0.4) is 0 Å². The number of hydrogen-bond donors (Lipinski definition) is 1. The molecule has 0 aromatic heterocycles. The Morgan fingerprint density at radius 1 is 1.24 bits per heavy atom. The number of halogens is 1. The van der Waals surface area contributed by atoms with Gasteiger partial charge in [0, 0.05) is 30.1 Å². The summed E-state index contributed by atoms with van der Waals surface area (Å²) in [5, 5.41) is 3.21. The third kappa shape index (κ3) is 3.86. The first kappa shape index (κ1) is 15.5. The molecule has 2 aliphatic heterocycles. The molecule has 1 aromatic carbocycles. The van der Waals surface area contributed by atoms with Crippen molar-refractivity contribution in [3.63, 3.8) is 0 Å². The van der Waals surface area contributed by atoms with Gasteiger partial charge in [-0.1, -0.05) is 28.1 Å². The molecule has 21 heavy (non-hydrogen) atoms. The molecule has 116 valence electrons. The molecule has 4 heteroatoms. The first-order valence-electron chi connectivity index (χ1n) is 8.14. The molecular formula is C17H26BrN3. The van der Waals surface area contributed by atoms with Crippen molar-refractivity contribution in [2.45, 2.75) is 38.4 Å². The number of rotatable bonds is 4. The van der Waals surface area contributed by atoms with Crippen molar-refractivity contribution >= 4 is 15.9 Å². The van der Waals surface area contributed by atoms with Crippen molar-refractivity contribution in [2.24, 2.45) is 0 Å². The van der Waals surface area contributed by atoms with E-state index in [2.05, 4.69) is 49.2 Å². The van der Waals surface area contributed by atoms with Gasteiger partial charge in [-0.3, -0.25) is 9.80 Å².